The molecule has 7 nitrogen and oxygen atoms in total. The predicted octanol–water partition coefficient (Wildman–Crippen LogP) is 3.06. The molecule has 1 aromatic heterocycles. The van der Waals surface area contributed by atoms with Crippen molar-refractivity contribution in [1.29, 1.82) is 0 Å². The second-order valence-electron chi connectivity index (χ2n) is 7.13. The Labute approximate surface area is 197 Å². The quantitative estimate of drug-likeness (QED) is 0.296. The van der Waals surface area contributed by atoms with Gasteiger partial charge >= 0.3 is 0 Å². The highest BCUT2D eigenvalue weighted by atomic mass is 127. The molecule has 2 heterocycles. The lowest BCUT2D eigenvalue weighted by Crippen LogP contribution is -2.45. The number of carbonyl (C=O) groups excluding carboxylic acids is 1. The first kappa shape index (κ1) is 24.8. The van der Waals surface area contributed by atoms with Crippen LogP contribution >= 0.6 is 24.0 Å². The smallest absolute Gasteiger partial charge is 0.227 e. The molecule has 1 saturated heterocycles. The largest absolute Gasteiger partial charge is 0.367 e. The van der Waals surface area contributed by atoms with Crippen LogP contribution in [0.25, 0.3) is 0 Å². The number of benzene rings is 1. The zero-order chi connectivity index (χ0) is 21.5. The van der Waals surface area contributed by atoms with E-state index in [1.165, 1.54) is 12.1 Å². The van der Waals surface area contributed by atoms with Crippen LogP contribution in [0.4, 0.5) is 20.3 Å². The van der Waals surface area contributed by atoms with E-state index < -0.39 is 11.6 Å². The van der Waals surface area contributed by atoms with E-state index in [9.17, 15) is 13.6 Å². The summed E-state index contributed by atoms with van der Waals surface area (Å²) in [4.78, 5) is 22.4. The number of rotatable bonds is 6. The van der Waals surface area contributed by atoms with Crippen LogP contribution in [0.5, 0.6) is 0 Å². The first-order valence-corrected chi connectivity index (χ1v) is 9.85. The van der Waals surface area contributed by atoms with E-state index in [-0.39, 0.29) is 42.3 Å². The van der Waals surface area contributed by atoms with E-state index >= 15 is 0 Å². The van der Waals surface area contributed by atoms with Crippen molar-refractivity contribution in [3.8, 4) is 0 Å². The second kappa shape index (κ2) is 11.8. The van der Waals surface area contributed by atoms with Crippen LogP contribution in [-0.2, 0) is 4.79 Å². The lowest BCUT2D eigenvalue weighted by Gasteiger charge is -2.21. The molecule has 0 spiro atoms. The molecule has 0 aliphatic carbocycles. The number of guanidine groups is 1. The van der Waals surface area contributed by atoms with Gasteiger partial charge in [-0.3, -0.25) is 9.79 Å². The number of pyridine rings is 1. The average molecular weight is 544 g/mol. The van der Waals surface area contributed by atoms with Gasteiger partial charge in [0, 0.05) is 50.9 Å². The third-order valence-electron chi connectivity index (χ3n) is 4.80. The fraction of sp³-hybridized carbons (Fsp3) is 0.381. The van der Waals surface area contributed by atoms with Gasteiger partial charge in [0.2, 0.25) is 5.91 Å². The second-order valence-corrected chi connectivity index (χ2v) is 7.13. The van der Waals surface area contributed by atoms with Crippen LogP contribution in [0.15, 0.2) is 41.4 Å². The molecule has 0 radical (unpaired) electrons. The zero-order valence-corrected chi connectivity index (χ0v) is 19.8. The number of carbonyl (C=O) groups is 1. The summed E-state index contributed by atoms with van der Waals surface area (Å²) in [6, 6.07) is 9.12. The molecule has 1 amide bonds. The molecule has 1 aliphatic heterocycles. The van der Waals surface area contributed by atoms with Gasteiger partial charge in [0.15, 0.2) is 5.96 Å². The third-order valence-corrected chi connectivity index (χ3v) is 4.80. The van der Waals surface area contributed by atoms with Crippen LogP contribution < -0.4 is 20.9 Å². The number of aromatic nitrogens is 1. The number of nitrogens with zero attached hydrogens (tertiary/aromatic N) is 3. The Bertz CT molecular complexity index is 926. The summed E-state index contributed by atoms with van der Waals surface area (Å²) in [5.41, 5.74) is 1.23. The standard InChI is InChI=1S/C21H26F2N6O.HI/c1-14-4-3-5-19(26-14)28-20(30)8-10-25-21(24-2)27-16-9-11-29(13-16)18-7-6-15(22)12-17(18)23;/h3-7,12,16H,8-11,13H2,1-2H3,(H2,24,25,27)(H,26,28,30);1H. The van der Waals surface area contributed by atoms with E-state index in [1.807, 2.05) is 24.0 Å². The lowest BCUT2D eigenvalue weighted by molar-refractivity contribution is -0.116. The van der Waals surface area contributed by atoms with Crippen LogP contribution in [0.1, 0.15) is 18.5 Å². The van der Waals surface area contributed by atoms with E-state index in [2.05, 4.69) is 25.9 Å². The fourth-order valence-corrected chi connectivity index (χ4v) is 3.34. The van der Waals surface area contributed by atoms with Crippen molar-refractivity contribution >= 4 is 47.3 Å². The molecular formula is C21H27F2IN6O. The Morgan fingerprint density at radius 1 is 1.29 bits per heavy atom. The number of amides is 1. The summed E-state index contributed by atoms with van der Waals surface area (Å²) in [5.74, 6) is -0.191. The van der Waals surface area contributed by atoms with Gasteiger partial charge in [-0.25, -0.2) is 13.8 Å². The number of anilines is 2. The topological polar surface area (TPSA) is 81.6 Å². The molecule has 1 unspecified atom stereocenters. The van der Waals surface area contributed by atoms with Crippen LogP contribution in [-0.4, -0.2) is 49.6 Å². The molecule has 1 atom stereocenters. The highest BCUT2D eigenvalue weighted by Crippen LogP contribution is 2.24. The molecule has 2 aromatic rings. The van der Waals surface area contributed by atoms with Crippen molar-refractivity contribution in [3.63, 3.8) is 0 Å². The molecule has 0 saturated carbocycles. The van der Waals surface area contributed by atoms with Crippen molar-refractivity contribution < 1.29 is 13.6 Å². The summed E-state index contributed by atoms with van der Waals surface area (Å²) in [5, 5.41) is 9.16. The molecule has 10 heteroatoms. The SMILES string of the molecule is CN=C(NCCC(=O)Nc1cccc(C)n1)NC1CCN(c2ccc(F)cc2F)C1.I. The average Bonchev–Trinajstić information content (AvgIpc) is 3.15. The Morgan fingerprint density at radius 3 is 2.81 bits per heavy atom. The Hall–Kier alpha value is -2.50. The van der Waals surface area contributed by atoms with Gasteiger partial charge < -0.3 is 20.9 Å². The van der Waals surface area contributed by atoms with Crippen LogP contribution in [0.3, 0.4) is 0 Å². The van der Waals surface area contributed by atoms with Gasteiger partial charge in [-0.15, -0.1) is 24.0 Å². The molecule has 1 aromatic carbocycles. The van der Waals surface area contributed by atoms with Crippen molar-refractivity contribution in [2.45, 2.75) is 25.8 Å². The van der Waals surface area contributed by atoms with E-state index in [0.29, 0.717) is 37.1 Å². The highest BCUT2D eigenvalue weighted by molar-refractivity contribution is 14.0. The molecule has 0 bridgehead atoms. The van der Waals surface area contributed by atoms with Gasteiger partial charge in [0.25, 0.3) is 0 Å². The summed E-state index contributed by atoms with van der Waals surface area (Å²) >= 11 is 0. The van der Waals surface area contributed by atoms with Crippen LogP contribution in [0.2, 0.25) is 0 Å². The van der Waals surface area contributed by atoms with E-state index in [4.69, 9.17) is 0 Å². The number of aliphatic imine (C=N–C) groups is 1. The summed E-state index contributed by atoms with van der Waals surface area (Å²) < 4.78 is 27.1. The molecule has 3 N–H and O–H groups in total. The minimum Gasteiger partial charge on any atom is -0.367 e. The first-order valence-electron chi connectivity index (χ1n) is 9.85. The van der Waals surface area contributed by atoms with Crippen molar-refractivity contribution in [2.24, 2.45) is 4.99 Å². The van der Waals surface area contributed by atoms with E-state index in [0.717, 1.165) is 18.2 Å². The monoisotopic (exact) mass is 544 g/mol. The molecule has 168 valence electrons. The van der Waals surface area contributed by atoms with Gasteiger partial charge in [-0.2, -0.15) is 0 Å². The van der Waals surface area contributed by atoms with Gasteiger partial charge in [0.05, 0.1) is 5.69 Å². The van der Waals surface area contributed by atoms with Crippen molar-refractivity contribution in [2.75, 3.05) is 36.9 Å². The normalized spacial score (nSPS) is 15.9. The Balaban J connectivity index is 0.00000341. The molecular weight excluding hydrogens is 517 g/mol. The maximum absolute atomic E-state index is 14.0. The maximum atomic E-state index is 14.0. The molecule has 1 fully saturated rings. The van der Waals surface area contributed by atoms with Gasteiger partial charge in [-0.05, 0) is 37.6 Å². The third kappa shape index (κ3) is 7.30. The minimum absolute atomic E-state index is 0. The van der Waals surface area contributed by atoms with Gasteiger partial charge in [-0.1, -0.05) is 6.07 Å². The summed E-state index contributed by atoms with van der Waals surface area (Å²) in [6.45, 7) is 3.49. The Kier molecular flexibility index (Phi) is 9.41. The van der Waals surface area contributed by atoms with Gasteiger partial charge in [0.1, 0.15) is 17.5 Å². The van der Waals surface area contributed by atoms with Crippen LogP contribution in [0, 0.1) is 18.6 Å². The maximum Gasteiger partial charge on any atom is 0.227 e. The predicted molar refractivity (Wildman–Crippen MR) is 129 cm³/mol. The molecule has 1 aliphatic rings. The first-order chi connectivity index (χ1) is 14.4. The lowest BCUT2D eigenvalue weighted by atomic mass is 10.2. The van der Waals surface area contributed by atoms with Crippen molar-refractivity contribution in [3.05, 3.63) is 53.7 Å². The fourth-order valence-electron chi connectivity index (χ4n) is 3.34. The number of hydrogen-bond donors (Lipinski definition) is 3. The number of halogens is 3. The molecule has 3 rings (SSSR count). The summed E-state index contributed by atoms with van der Waals surface area (Å²) in [7, 11) is 1.65. The summed E-state index contributed by atoms with van der Waals surface area (Å²) in [6.07, 6.45) is 1.05. The number of hydrogen-bond acceptors (Lipinski definition) is 4. The highest BCUT2D eigenvalue weighted by Gasteiger charge is 2.25. The zero-order valence-electron chi connectivity index (χ0n) is 17.5. The van der Waals surface area contributed by atoms with E-state index in [1.54, 1.807) is 13.1 Å². The Morgan fingerprint density at radius 2 is 2.10 bits per heavy atom. The number of nitrogens with one attached hydrogen (secondary N) is 3. The minimum atomic E-state index is -0.586. The van der Waals surface area contributed by atoms with Crippen molar-refractivity contribution in [1.82, 2.24) is 15.6 Å². The molecule has 31 heavy (non-hydrogen) atoms. The number of aryl methyl sites for hydroxylation is 1.